The molecule has 1 fully saturated rings. The van der Waals surface area contributed by atoms with Gasteiger partial charge in [0.25, 0.3) is 0 Å². The first-order chi connectivity index (χ1) is 6.77. The SMILES string of the molecule is CC(C)c1cc(C2CCNCC2)on1.Cl. The van der Waals surface area contributed by atoms with Gasteiger partial charge in [-0.1, -0.05) is 19.0 Å². The molecule has 0 atom stereocenters. The molecule has 0 aromatic carbocycles. The second kappa shape index (κ2) is 5.52. The van der Waals surface area contributed by atoms with Gasteiger partial charge in [0.05, 0.1) is 5.69 Å². The Bertz CT molecular complexity index is 293. The lowest BCUT2D eigenvalue weighted by Gasteiger charge is -2.19. The predicted molar refractivity (Wildman–Crippen MR) is 62.7 cm³/mol. The molecule has 0 spiro atoms. The Morgan fingerprint density at radius 2 is 2.07 bits per heavy atom. The van der Waals surface area contributed by atoms with Gasteiger partial charge in [-0.3, -0.25) is 0 Å². The Labute approximate surface area is 97.0 Å². The molecule has 1 aliphatic rings. The van der Waals surface area contributed by atoms with E-state index in [0.29, 0.717) is 11.8 Å². The van der Waals surface area contributed by atoms with Gasteiger partial charge < -0.3 is 9.84 Å². The molecule has 1 aromatic rings. The molecule has 2 heterocycles. The summed E-state index contributed by atoms with van der Waals surface area (Å²) in [6.45, 7) is 6.48. The average Bonchev–Trinajstić information content (AvgIpc) is 2.68. The largest absolute Gasteiger partial charge is 0.361 e. The first kappa shape index (κ1) is 12.5. The van der Waals surface area contributed by atoms with Crippen molar-refractivity contribution in [1.82, 2.24) is 10.5 Å². The Morgan fingerprint density at radius 1 is 1.40 bits per heavy atom. The van der Waals surface area contributed by atoms with E-state index in [9.17, 15) is 0 Å². The highest BCUT2D eigenvalue weighted by Crippen LogP contribution is 2.27. The maximum absolute atomic E-state index is 5.39. The number of hydrogen-bond donors (Lipinski definition) is 1. The molecule has 3 nitrogen and oxygen atoms in total. The third-order valence-electron chi connectivity index (χ3n) is 2.88. The molecule has 86 valence electrons. The van der Waals surface area contributed by atoms with Crippen LogP contribution in [0.15, 0.2) is 10.6 Å². The molecule has 0 bridgehead atoms. The van der Waals surface area contributed by atoms with E-state index in [1.54, 1.807) is 0 Å². The van der Waals surface area contributed by atoms with E-state index < -0.39 is 0 Å². The van der Waals surface area contributed by atoms with Crippen LogP contribution in [-0.4, -0.2) is 18.2 Å². The zero-order chi connectivity index (χ0) is 9.97. The quantitative estimate of drug-likeness (QED) is 0.849. The zero-order valence-electron chi connectivity index (χ0n) is 9.32. The lowest BCUT2D eigenvalue weighted by atomic mass is 9.95. The molecule has 0 amide bonds. The van der Waals surface area contributed by atoms with Gasteiger partial charge in [-0.05, 0) is 31.8 Å². The highest BCUT2D eigenvalue weighted by Gasteiger charge is 2.20. The highest BCUT2D eigenvalue weighted by atomic mass is 35.5. The summed E-state index contributed by atoms with van der Waals surface area (Å²) >= 11 is 0. The fourth-order valence-corrected chi connectivity index (χ4v) is 1.87. The number of piperidine rings is 1. The van der Waals surface area contributed by atoms with Crippen LogP contribution in [-0.2, 0) is 0 Å². The van der Waals surface area contributed by atoms with Gasteiger partial charge in [0.1, 0.15) is 5.76 Å². The molecule has 2 rings (SSSR count). The molecular weight excluding hydrogens is 212 g/mol. The lowest BCUT2D eigenvalue weighted by Crippen LogP contribution is -2.26. The summed E-state index contributed by atoms with van der Waals surface area (Å²) < 4.78 is 5.39. The second-order valence-electron chi connectivity index (χ2n) is 4.33. The van der Waals surface area contributed by atoms with E-state index >= 15 is 0 Å². The molecule has 4 heteroatoms. The van der Waals surface area contributed by atoms with Gasteiger partial charge in [-0.15, -0.1) is 12.4 Å². The van der Waals surface area contributed by atoms with Crippen LogP contribution in [0.25, 0.3) is 0 Å². The summed E-state index contributed by atoms with van der Waals surface area (Å²) in [6.07, 6.45) is 2.35. The van der Waals surface area contributed by atoms with Crippen LogP contribution < -0.4 is 5.32 Å². The minimum absolute atomic E-state index is 0. The summed E-state index contributed by atoms with van der Waals surface area (Å²) in [7, 11) is 0. The van der Waals surface area contributed by atoms with E-state index in [0.717, 1.165) is 24.5 Å². The van der Waals surface area contributed by atoms with Crippen molar-refractivity contribution in [1.29, 1.82) is 0 Å². The third-order valence-corrected chi connectivity index (χ3v) is 2.88. The van der Waals surface area contributed by atoms with Crippen molar-refractivity contribution in [3.05, 3.63) is 17.5 Å². The number of aromatic nitrogens is 1. The summed E-state index contributed by atoms with van der Waals surface area (Å²) in [4.78, 5) is 0. The maximum Gasteiger partial charge on any atom is 0.140 e. The number of hydrogen-bond acceptors (Lipinski definition) is 3. The highest BCUT2D eigenvalue weighted by molar-refractivity contribution is 5.85. The van der Waals surface area contributed by atoms with Crippen molar-refractivity contribution in [2.45, 2.75) is 38.5 Å². The van der Waals surface area contributed by atoms with Crippen molar-refractivity contribution in [2.75, 3.05) is 13.1 Å². The molecule has 1 saturated heterocycles. The van der Waals surface area contributed by atoms with Crippen molar-refractivity contribution in [2.24, 2.45) is 0 Å². The Kier molecular flexibility index (Phi) is 4.61. The fourth-order valence-electron chi connectivity index (χ4n) is 1.87. The minimum Gasteiger partial charge on any atom is -0.361 e. The first-order valence-corrected chi connectivity index (χ1v) is 5.44. The smallest absolute Gasteiger partial charge is 0.140 e. The number of nitrogens with one attached hydrogen (secondary N) is 1. The monoisotopic (exact) mass is 230 g/mol. The second-order valence-corrected chi connectivity index (χ2v) is 4.33. The van der Waals surface area contributed by atoms with E-state index in [-0.39, 0.29) is 12.4 Å². The van der Waals surface area contributed by atoms with Crippen LogP contribution in [0, 0.1) is 0 Å². The van der Waals surface area contributed by atoms with Crippen LogP contribution in [0.3, 0.4) is 0 Å². The standard InChI is InChI=1S/C11H18N2O.ClH/c1-8(2)10-7-11(14-13-10)9-3-5-12-6-4-9;/h7-9,12H,3-6H2,1-2H3;1H. The number of halogens is 1. The summed E-state index contributed by atoms with van der Waals surface area (Å²) in [5.41, 5.74) is 1.08. The van der Waals surface area contributed by atoms with Gasteiger partial charge in [0, 0.05) is 12.0 Å². The van der Waals surface area contributed by atoms with Crippen LogP contribution >= 0.6 is 12.4 Å². The van der Waals surface area contributed by atoms with E-state index in [1.165, 1.54) is 12.8 Å². The summed E-state index contributed by atoms with van der Waals surface area (Å²) in [6, 6.07) is 2.13. The normalized spacial score (nSPS) is 17.8. The van der Waals surface area contributed by atoms with E-state index in [2.05, 4.69) is 30.4 Å². The molecule has 15 heavy (non-hydrogen) atoms. The lowest BCUT2D eigenvalue weighted by molar-refractivity contribution is 0.323. The van der Waals surface area contributed by atoms with Gasteiger partial charge >= 0.3 is 0 Å². The zero-order valence-corrected chi connectivity index (χ0v) is 10.1. The number of nitrogens with zero attached hydrogens (tertiary/aromatic N) is 1. The molecule has 1 N–H and O–H groups in total. The van der Waals surface area contributed by atoms with Crippen LogP contribution in [0.4, 0.5) is 0 Å². The Morgan fingerprint density at radius 3 is 2.60 bits per heavy atom. The number of rotatable bonds is 2. The third kappa shape index (κ3) is 2.95. The van der Waals surface area contributed by atoms with Gasteiger partial charge in [-0.2, -0.15) is 0 Å². The maximum atomic E-state index is 5.39. The van der Waals surface area contributed by atoms with Gasteiger partial charge in [0.15, 0.2) is 0 Å². The van der Waals surface area contributed by atoms with Crippen molar-refractivity contribution >= 4 is 12.4 Å². The summed E-state index contributed by atoms with van der Waals surface area (Å²) in [5, 5.41) is 7.45. The topological polar surface area (TPSA) is 38.1 Å². The molecule has 0 unspecified atom stereocenters. The molecule has 0 saturated carbocycles. The van der Waals surface area contributed by atoms with Gasteiger partial charge in [0.2, 0.25) is 0 Å². The van der Waals surface area contributed by atoms with Crippen molar-refractivity contribution in [3.8, 4) is 0 Å². The Balaban J connectivity index is 0.00000112. The van der Waals surface area contributed by atoms with Gasteiger partial charge in [-0.25, -0.2) is 0 Å². The van der Waals surface area contributed by atoms with Crippen LogP contribution in [0.2, 0.25) is 0 Å². The van der Waals surface area contributed by atoms with Crippen LogP contribution in [0.5, 0.6) is 0 Å². The van der Waals surface area contributed by atoms with E-state index in [4.69, 9.17) is 4.52 Å². The van der Waals surface area contributed by atoms with Crippen molar-refractivity contribution in [3.63, 3.8) is 0 Å². The fraction of sp³-hybridized carbons (Fsp3) is 0.727. The molecule has 1 aliphatic heterocycles. The average molecular weight is 231 g/mol. The molecule has 1 aromatic heterocycles. The Hall–Kier alpha value is -0.540. The van der Waals surface area contributed by atoms with E-state index in [1.807, 2.05) is 0 Å². The minimum atomic E-state index is 0. The first-order valence-electron chi connectivity index (χ1n) is 5.44. The van der Waals surface area contributed by atoms with Crippen molar-refractivity contribution < 1.29 is 4.52 Å². The molecule has 0 radical (unpaired) electrons. The molecule has 0 aliphatic carbocycles. The predicted octanol–water partition coefficient (Wildman–Crippen LogP) is 2.69. The summed E-state index contributed by atoms with van der Waals surface area (Å²) in [5.74, 6) is 2.13. The van der Waals surface area contributed by atoms with Crippen LogP contribution in [0.1, 0.15) is 50.0 Å². The molecular formula is C11H19ClN2O.